The highest BCUT2D eigenvalue weighted by Crippen LogP contribution is 2.45. The third-order valence-corrected chi connectivity index (χ3v) is 5.44. The first kappa shape index (κ1) is 17.9. The van der Waals surface area contributed by atoms with Crippen molar-refractivity contribution in [3.8, 4) is 16.9 Å². The zero-order chi connectivity index (χ0) is 20.7. The number of aromatic nitrogens is 1. The van der Waals surface area contributed by atoms with Crippen LogP contribution in [0.15, 0.2) is 91.0 Å². The highest BCUT2D eigenvalue weighted by molar-refractivity contribution is 6.16. The van der Waals surface area contributed by atoms with E-state index < -0.39 is 0 Å². The van der Waals surface area contributed by atoms with Crippen molar-refractivity contribution in [2.24, 2.45) is 0 Å². The van der Waals surface area contributed by atoms with Crippen molar-refractivity contribution in [3.63, 3.8) is 0 Å². The molecule has 0 amide bonds. The molecule has 0 atom stereocenters. The third-order valence-electron chi connectivity index (χ3n) is 5.44. The van der Waals surface area contributed by atoms with Gasteiger partial charge in [0.2, 0.25) is 0 Å². The molecule has 5 nitrogen and oxygen atoms in total. The molecule has 1 N–H and O–H groups in total. The lowest BCUT2D eigenvalue weighted by atomic mass is 10.00. The van der Waals surface area contributed by atoms with E-state index in [0.717, 1.165) is 16.5 Å². The smallest absolute Gasteiger partial charge is 0.301 e. The van der Waals surface area contributed by atoms with Gasteiger partial charge in [-0.25, -0.2) is 0 Å². The quantitative estimate of drug-likeness (QED) is 0.295. The fourth-order valence-electron chi connectivity index (χ4n) is 4.17. The molecule has 0 saturated carbocycles. The van der Waals surface area contributed by atoms with Crippen LogP contribution in [0.25, 0.3) is 32.9 Å². The Balaban J connectivity index is 1.94. The summed E-state index contributed by atoms with van der Waals surface area (Å²) in [5.74, 6) is 0.0393. The Morgan fingerprint density at radius 3 is 2.20 bits per heavy atom. The number of nitrogens with zero attached hydrogens (tertiary/aromatic N) is 2. The van der Waals surface area contributed by atoms with Gasteiger partial charge < -0.3 is 9.67 Å². The SMILES string of the molecule is O=[N+]([O-])c1c(-c2ccccc2)cc(O)c2c3ccccc3n(Cc3ccccc3)c12. The van der Waals surface area contributed by atoms with Crippen LogP contribution >= 0.6 is 0 Å². The highest BCUT2D eigenvalue weighted by Gasteiger charge is 2.28. The van der Waals surface area contributed by atoms with Gasteiger partial charge in [0.25, 0.3) is 0 Å². The van der Waals surface area contributed by atoms with E-state index in [9.17, 15) is 15.2 Å². The topological polar surface area (TPSA) is 68.3 Å². The summed E-state index contributed by atoms with van der Waals surface area (Å²) in [4.78, 5) is 12.0. The molecule has 30 heavy (non-hydrogen) atoms. The van der Waals surface area contributed by atoms with Gasteiger partial charge in [0, 0.05) is 17.4 Å². The van der Waals surface area contributed by atoms with Crippen LogP contribution in [-0.2, 0) is 6.54 Å². The van der Waals surface area contributed by atoms with E-state index in [1.807, 2.05) is 89.5 Å². The predicted octanol–water partition coefficient (Wildman–Crippen LogP) is 6.12. The van der Waals surface area contributed by atoms with Crippen LogP contribution in [-0.4, -0.2) is 14.6 Å². The Hall–Kier alpha value is -4.12. The number of benzene rings is 4. The first-order valence-corrected chi connectivity index (χ1v) is 9.66. The maximum absolute atomic E-state index is 12.3. The Labute approximate surface area is 172 Å². The molecule has 5 rings (SSSR count). The molecule has 0 spiro atoms. The Morgan fingerprint density at radius 1 is 0.867 bits per heavy atom. The van der Waals surface area contributed by atoms with Gasteiger partial charge in [-0.3, -0.25) is 10.1 Å². The molecule has 0 bridgehead atoms. The van der Waals surface area contributed by atoms with Crippen molar-refractivity contribution in [2.45, 2.75) is 6.54 Å². The van der Waals surface area contributed by atoms with E-state index >= 15 is 0 Å². The molecule has 0 saturated heterocycles. The fourth-order valence-corrected chi connectivity index (χ4v) is 4.17. The molecule has 1 aromatic heterocycles. The molecular formula is C25H18N2O3. The van der Waals surface area contributed by atoms with E-state index in [1.165, 1.54) is 6.07 Å². The normalized spacial score (nSPS) is 11.2. The Kier molecular flexibility index (Phi) is 4.21. The van der Waals surface area contributed by atoms with Crippen LogP contribution in [0.3, 0.4) is 0 Å². The molecule has 0 aliphatic heterocycles. The van der Waals surface area contributed by atoms with Crippen LogP contribution in [0.1, 0.15) is 5.56 Å². The predicted molar refractivity (Wildman–Crippen MR) is 119 cm³/mol. The molecule has 4 aromatic carbocycles. The summed E-state index contributed by atoms with van der Waals surface area (Å²) in [6, 6.07) is 28.1. The summed E-state index contributed by atoms with van der Waals surface area (Å²) in [7, 11) is 0. The minimum atomic E-state index is -0.343. The number of phenols is 1. The lowest BCUT2D eigenvalue weighted by molar-refractivity contribution is -0.382. The molecule has 1 heterocycles. The average molecular weight is 394 g/mol. The summed E-state index contributed by atoms with van der Waals surface area (Å²) in [6.07, 6.45) is 0. The van der Waals surface area contributed by atoms with Crippen LogP contribution in [0.4, 0.5) is 5.69 Å². The van der Waals surface area contributed by atoms with Gasteiger partial charge in [-0.15, -0.1) is 0 Å². The molecule has 5 heteroatoms. The minimum Gasteiger partial charge on any atom is -0.507 e. The molecule has 0 aliphatic rings. The largest absolute Gasteiger partial charge is 0.507 e. The number of aromatic hydroxyl groups is 1. The highest BCUT2D eigenvalue weighted by atomic mass is 16.6. The van der Waals surface area contributed by atoms with Crippen LogP contribution in [0.2, 0.25) is 0 Å². The second-order valence-electron chi connectivity index (χ2n) is 7.23. The lowest BCUT2D eigenvalue weighted by Crippen LogP contribution is -2.03. The molecule has 146 valence electrons. The van der Waals surface area contributed by atoms with Crippen molar-refractivity contribution in [1.29, 1.82) is 0 Å². The molecule has 0 aliphatic carbocycles. The van der Waals surface area contributed by atoms with E-state index in [4.69, 9.17) is 0 Å². The maximum atomic E-state index is 12.3. The number of rotatable bonds is 4. The Morgan fingerprint density at radius 2 is 1.50 bits per heavy atom. The van der Waals surface area contributed by atoms with Gasteiger partial charge in [-0.1, -0.05) is 78.9 Å². The molecule has 0 unspecified atom stereocenters. The van der Waals surface area contributed by atoms with Crippen molar-refractivity contribution >= 4 is 27.5 Å². The summed E-state index contributed by atoms with van der Waals surface area (Å²) in [5, 5.41) is 24.6. The lowest BCUT2D eigenvalue weighted by Gasteiger charge is -2.11. The zero-order valence-corrected chi connectivity index (χ0v) is 16.0. The van der Waals surface area contributed by atoms with Crippen molar-refractivity contribution in [3.05, 3.63) is 107 Å². The van der Waals surface area contributed by atoms with Crippen LogP contribution in [0, 0.1) is 10.1 Å². The van der Waals surface area contributed by atoms with Gasteiger partial charge in [-0.2, -0.15) is 0 Å². The summed E-state index contributed by atoms with van der Waals surface area (Å²) in [5.41, 5.74) is 3.41. The number of phenolic OH excluding ortho intramolecular Hbond substituents is 1. The first-order valence-electron chi connectivity index (χ1n) is 9.66. The number of nitro benzene ring substituents is 1. The average Bonchev–Trinajstić information content (AvgIpc) is 3.09. The second kappa shape index (κ2) is 7.04. The van der Waals surface area contributed by atoms with Crippen molar-refractivity contribution in [2.75, 3.05) is 0 Å². The van der Waals surface area contributed by atoms with Gasteiger partial charge >= 0.3 is 5.69 Å². The number of fused-ring (bicyclic) bond motifs is 3. The number of nitro groups is 1. The minimum absolute atomic E-state index is 0.00105. The van der Waals surface area contributed by atoms with Gasteiger partial charge in [-0.05, 0) is 23.3 Å². The maximum Gasteiger partial charge on any atom is 0.301 e. The van der Waals surface area contributed by atoms with Crippen LogP contribution in [0.5, 0.6) is 5.75 Å². The van der Waals surface area contributed by atoms with Gasteiger partial charge in [0.15, 0.2) is 0 Å². The zero-order valence-electron chi connectivity index (χ0n) is 16.0. The monoisotopic (exact) mass is 394 g/mol. The van der Waals surface area contributed by atoms with E-state index in [-0.39, 0.29) is 16.4 Å². The number of hydrogen-bond donors (Lipinski definition) is 1. The summed E-state index contributed by atoms with van der Waals surface area (Å²) < 4.78 is 1.93. The standard InChI is InChI=1S/C25H18N2O3/c28-22-15-20(18-11-5-2-6-12-18)24(27(29)30)25-23(22)19-13-7-8-14-21(19)26(25)16-17-9-3-1-4-10-17/h1-15,28H,16H2. The van der Waals surface area contributed by atoms with Gasteiger partial charge in [0.1, 0.15) is 11.3 Å². The fraction of sp³-hybridized carbons (Fsp3) is 0.0400. The molecular weight excluding hydrogens is 376 g/mol. The van der Waals surface area contributed by atoms with Gasteiger partial charge in [0.05, 0.1) is 15.9 Å². The summed E-state index contributed by atoms with van der Waals surface area (Å²) >= 11 is 0. The summed E-state index contributed by atoms with van der Waals surface area (Å²) in [6.45, 7) is 0.462. The van der Waals surface area contributed by atoms with E-state index in [0.29, 0.717) is 28.6 Å². The number of hydrogen-bond acceptors (Lipinski definition) is 3. The van der Waals surface area contributed by atoms with E-state index in [1.54, 1.807) is 0 Å². The molecule has 5 aromatic rings. The third kappa shape index (κ3) is 2.79. The first-order chi connectivity index (χ1) is 14.6. The van der Waals surface area contributed by atoms with Crippen molar-refractivity contribution < 1.29 is 10.0 Å². The molecule has 0 fully saturated rings. The van der Waals surface area contributed by atoms with E-state index in [2.05, 4.69) is 0 Å². The number of para-hydroxylation sites is 1. The van der Waals surface area contributed by atoms with Crippen LogP contribution < -0.4 is 0 Å². The molecule has 0 radical (unpaired) electrons. The second-order valence-corrected chi connectivity index (χ2v) is 7.23. The van der Waals surface area contributed by atoms with Crippen molar-refractivity contribution in [1.82, 2.24) is 4.57 Å². The Bertz CT molecular complexity index is 1390.